The fraction of sp³-hybridized carbons (Fsp3) is 0.167. The van der Waals surface area contributed by atoms with Crippen LogP contribution in [0.25, 0.3) is 11.1 Å². The Morgan fingerprint density at radius 3 is 1.57 bits per heavy atom. The minimum absolute atomic E-state index is 0. The van der Waals surface area contributed by atoms with Crippen LogP contribution in [-0.4, -0.2) is 37.7 Å². The fourth-order valence-electron chi connectivity index (χ4n) is 1.05. The number of hydrogen-bond acceptors (Lipinski definition) is 0. The molecule has 2 heteroatoms. The molecule has 0 atom stereocenters. The molecule has 0 heterocycles. The minimum atomic E-state index is 0. The molecule has 0 spiro atoms. The summed E-state index contributed by atoms with van der Waals surface area (Å²) in [6.07, 6.45) is 0. The van der Waals surface area contributed by atoms with Crippen molar-refractivity contribution in [2.24, 2.45) is 0 Å². The van der Waals surface area contributed by atoms with Gasteiger partial charge in [-0.2, -0.15) is 0 Å². The molecule has 0 unspecified atom stereocenters. The Kier molecular flexibility index (Phi) is 8.42. The predicted octanol–water partition coefficient (Wildman–Crippen LogP) is 2.46. The quantitative estimate of drug-likeness (QED) is 0.604. The van der Waals surface area contributed by atoms with Crippen LogP contribution in [0.15, 0.2) is 37.4 Å². The maximum absolute atomic E-state index is 3.90. The topological polar surface area (TPSA) is 0 Å². The van der Waals surface area contributed by atoms with Crippen molar-refractivity contribution in [3.05, 3.63) is 48.6 Å². The van der Waals surface area contributed by atoms with Crippen LogP contribution >= 0.6 is 0 Å². The van der Waals surface area contributed by atoms with Crippen LogP contribution in [0.5, 0.6) is 0 Å². The van der Waals surface area contributed by atoms with E-state index >= 15 is 0 Å². The molecule has 0 saturated heterocycles. The Morgan fingerprint density at radius 1 is 0.929 bits per heavy atom. The summed E-state index contributed by atoms with van der Waals surface area (Å²) < 4.78 is 0. The van der Waals surface area contributed by atoms with E-state index in [-0.39, 0.29) is 37.7 Å². The summed E-state index contributed by atoms with van der Waals surface area (Å²) in [6, 6.07) is 8.28. The third-order valence-corrected chi connectivity index (χ3v) is 1.85. The van der Waals surface area contributed by atoms with Gasteiger partial charge in [0.15, 0.2) is 0 Å². The molecule has 0 aromatic heterocycles. The van der Waals surface area contributed by atoms with Gasteiger partial charge in [0.05, 0.1) is 0 Å². The van der Waals surface area contributed by atoms with E-state index < -0.39 is 0 Å². The van der Waals surface area contributed by atoms with Gasteiger partial charge in [0.25, 0.3) is 0 Å². The molecule has 1 aromatic rings. The molecule has 1 aromatic carbocycles. The zero-order valence-electron chi connectivity index (χ0n) is 7.72. The molecule has 0 bridgehead atoms. The molecule has 0 amide bonds. The first kappa shape index (κ1) is 16.3. The van der Waals surface area contributed by atoms with Crippen LogP contribution in [0.3, 0.4) is 0 Å². The van der Waals surface area contributed by atoms with Crippen LogP contribution in [0.2, 0.25) is 0 Å². The molecular weight excluding hydrogens is 158 g/mol. The zero-order valence-corrected chi connectivity index (χ0v) is 7.72. The zero-order chi connectivity index (χ0) is 9.14. The van der Waals surface area contributed by atoms with Crippen molar-refractivity contribution in [2.45, 2.75) is 13.8 Å². The van der Waals surface area contributed by atoms with Gasteiger partial charge in [-0.1, -0.05) is 42.5 Å². The first-order chi connectivity index (χ1) is 5.61. The molecule has 0 nitrogen and oxygen atoms in total. The average molecular weight is 174 g/mol. The first-order valence-corrected chi connectivity index (χ1v) is 4.03. The molecule has 14 heavy (non-hydrogen) atoms. The number of allylic oxidation sites excluding steroid dienone is 2. The number of hydrogen-bond donors (Lipinski definition) is 0. The Labute approximate surface area is 111 Å². The SMILES string of the molecule is C=C(C)c1cccc(C(=C)C)c1.[LiH].[LiH]. The molecule has 66 valence electrons. The van der Waals surface area contributed by atoms with Gasteiger partial charge in [-0.3, -0.25) is 0 Å². The summed E-state index contributed by atoms with van der Waals surface area (Å²) in [5.74, 6) is 0. The van der Waals surface area contributed by atoms with Crippen LogP contribution in [0.4, 0.5) is 0 Å². The van der Waals surface area contributed by atoms with Crippen molar-refractivity contribution in [3.63, 3.8) is 0 Å². The van der Waals surface area contributed by atoms with E-state index in [1.165, 1.54) is 11.1 Å². The van der Waals surface area contributed by atoms with E-state index in [2.05, 4.69) is 31.4 Å². The van der Waals surface area contributed by atoms with Crippen LogP contribution in [0.1, 0.15) is 25.0 Å². The van der Waals surface area contributed by atoms with Crippen molar-refractivity contribution in [1.82, 2.24) is 0 Å². The van der Waals surface area contributed by atoms with E-state index in [9.17, 15) is 0 Å². The summed E-state index contributed by atoms with van der Waals surface area (Å²) in [4.78, 5) is 0. The van der Waals surface area contributed by atoms with Crippen LogP contribution in [-0.2, 0) is 0 Å². The van der Waals surface area contributed by atoms with Gasteiger partial charge in [-0.15, -0.1) is 0 Å². The summed E-state index contributed by atoms with van der Waals surface area (Å²) in [5.41, 5.74) is 4.57. The first-order valence-electron chi connectivity index (χ1n) is 4.03. The molecule has 0 N–H and O–H groups in total. The van der Waals surface area contributed by atoms with Crippen molar-refractivity contribution in [2.75, 3.05) is 0 Å². The van der Waals surface area contributed by atoms with Gasteiger partial charge in [-0.05, 0) is 31.0 Å². The monoisotopic (exact) mass is 174 g/mol. The second-order valence-corrected chi connectivity index (χ2v) is 3.14. The molecule has 1 rings (SSSR count). The van der Waals surface area contributed by atoms with Crippen molar-refractivity contribution in [3.8, 4) is 0 Å². The molecular formula is C12H16Li2. The molecule has 0 radical (unpaired) electrons. The molecule has 0 fully saturated rings. The molecule has 0 aliphatic heterocycles. The molecule has 0 aliphatic rings. The normalized spacial score (nSPS) is 8.14. The van der Waals surface area contributed by atoms with Crippen molar-refractivity contribution in [1.29, 1.82) is 0 Å². The summed E-state index contributed by atoms with van der Waals surface area (Å²) in [6.45, 7) is 11.8. The van der Waals surface area contributed by atoms with Gasteiger partial charge >= 0.3 is 37.7 Å². The Hall–Kier alpha value is -0.105. The van der Waals surface area contributed by atoms with E-state index in [1.54, 1.807) is 0 Å². The van der Waals surface area contributed by atoms with Gasteiger partial charge < -0.3 is 0 Å². The maximum atomic E-state index is 3.90. The Balaban J connectivity index is 0. The van der Waals surface area contributed by atoms with E-state index in [1.807, 2.05) is 19.9 Å². The van der Waals surface area contributed by atoms with E-state index in [0.29, 0.717) is 0 Å². The van der Waals surface area contributed by atoms with Crippen molar-refractivity contribution >= 4 is 48.9 Å². The fourth-order valence-corrected chi connectivity index (χ4v) is 1.05. The van der Waals surface area contributed by atoms with Crippen LogP contribution in [0, 0.1) is 0 Å². The summed E-state index contributed by atoms with van der Waals surface area (Å²) >= 11 is 0. The van der Waals surface area contributed by atoms with Crippen molar-refractivity contribution < 1.29 is 0 Å². The number of rotatable bonds is 2. The van der Waals surface area contributed by atoms with E-state index in [4.69, 9.17) is 0 Å². The third kappa shape index (κ3) is 4.41. The summed E-state index contributed by atoms with van der Waals surface area (Å²) in [5, 5.41) is 0. The standard InChI is InChI=1S/C12H14.2Li.2H/c1-9(2)11-6-5-7-12(8-11)10(3)4;;;;/h5-8H,1,3H2,2,4H3;;;;. The molecule has 0 aliphatic carbocycles. The third-order valence-electron chi connectivity index (χ3n) is 1.85. The van der Waals surface area contributed by atoms with Gasteiger partial charge in [0.1, 0.15) is 0 Å². The summed E-state index contributed by atoms with van der Waals surface area (Å²) in [7, 11) is 0. The van der Waals surface area contributed by atoms with E-state index in [0.717, 1.165) is 11.1 Å². The van der Waals surface area contributed by atoms with Crippen LogP contribution < -0.4 is 0 Å². The second kappa shape index (κ2) is 7.22. The Bertz CT molecular complexity index is 298. The average Bonchev–Trinajstić information content (AvgIpc) is 2.04. The number of benzene rings is 1. The van der Waals surface area contributed by atoms with Gasteiger partial charge in [0.2, 0.25) is 0 Å². The van der Waals surface area contributed by atoms with Gasteiger partial charge in [0, 0.05) is 0 Å². The second-order valence-electron chi connectivity index (χ2n) is 3.14. The van der Waals surface area contributed by atoms with Gasteiger partial charge in [-0.25, -0.2) is 0 Å². The Morgan fingerprint density at radius 2 is 1.29 bits per heavy atom. The molecule has 0 saturated carbocycles. The predicted molar refractivity (Wildman–Crippen MR) is 70.2 cm³/mol.